The van der Waals surface area contributed by atoms with Crippen molar-refractivity contribution in [2.45, 2.75) is 198 Å². The van der Waals surface area contributed by atoms with Crippen molar-refractivity contribution >= 4 is 29.4 Å². The summed E-state index contributed by atoms with van der Waals surface area (Å²) in [6.07, 6.45) is 23.3. The number of nitrogens with two attached hydrogens (primary N) is 2. The molecule has 0 aromatic heterocycles. The number of primary amides is 2. The van der Waals surface area contributed by atoms with Gasteiger partial charge in [-0.3, -0.25) is 24.0 Å². The van der Waals surface area contributed by atoms with Crippen molar-refractivity contribution in [3.8, 4) is 0 Å². The molecule has 7 N–H and O–H groups in total. The molecule has 15 atom stereocenters. The second kappa shape index (κ2) is 25.0. The molecule has 0 radical (unpaired) electrons. The van der Waals surface area contributed by atoms with Gasteiger partial charge in [0.15, 0.2) is 5.78 Å². The largest absolute Gasteiger partial charge is 0.389 e. The Kier molecular flexibility index (Phi) is 20.1. The standard InChI is InChI=1S/C26H40N2O6.C26H38N2O6/c2*1-16(5-8-20-13-26(15-32-26)14-21(34-20)12-24(27)30)6-9-23-17(2)11-22(19(4)33-23)28-25(31)10-7-18(3)29/h5-8,10,17-23,29H,9,11-15H2,1-4H3,(H2,27,30)(H,28,31);5-8,10,17,19-23H,9,11-15H2,1-4H3,(H2,27,30)(H,28,31)/b2*8-5+,10-7-,16-6+/t17-,18-,19+,20+,21+,22+,23-,26+;17-,19+,20+,21+,22+,23-,26+/m00/s1. The number of rotatable bonds is 18. The first-order valence-electron chi connectivity index (χ1n) is 24.4. The molecule has 0 aromatic rings. The molecule has 6 aliphatic heterocycles. The number of carbonyl (C=O) groups excluding carboxylic acids is 5. The highest BCUT2D eigenvalue weighted by atomic mass is 16.6. The lowest BCUT2D eigenvalue weighted by Gasteiger charge is -2.39. The summed E-state index contributed by atoms with van der Waals surface area (Å²) in [6.45, 7) is 16.8. The number of ether oxygens (including phenoxy) is 6. The molecular formula is C52H78N4O12. The number of amides is 4. The van der Waals surface area contributed by atoms with Crippen molar-refractivity contribution in [3.05, 3.63) is 71.9 Å². The van der Waals surface area contributed by atoms with E-state index in [1.54, 1.807) is 6.92 Å². The van der Waals surface area contributed by atoms with E-state index in [0.717, 1.165) is 69.1 Å². The van der Waals surface area contributed by atoms with Gasteiger partial charge in [-0.15, -0.1) is 0 Å². The van der Waals surface area contributed by atoms with Crippen LogP contribution in [-0.4, -0.2) is 126 Å². The van der Waals surface area contributed by atoms with Crippen molar-refractivity contribution in [1.29, 1.82) is 0 Å². The Bertz CT molecular complexity index is 1950. The first-order valence-corrected chi connectivity index (χ1v) is 24.4. The van der Waals surface area contributed by atoms with Crippen LogP contribution in [0.2, 0.25) is 0 Å². The SMILES string of the molecule is CC(/C=C/[C@@H]1C[C@]2(CO2)C[C@@H](CC(N)=O)O1)=C\C[C@@H]1O[C@H](C)[C@H](NC(=O)/C=C\[C@H](C)O)C[C@@H]1C.CC(=O)/C=C\C(=O)N[C@@H]1C[C@H](C)[C@H](C/C=C(C)/C=C/[C@@H]2C[C@]3(CO3)C[C@@H](CC(N)=O)O2)O[C@@H]1C. The zero-order valence-corrected chi connectivity index (χ0v) is 41.4. The highest BCUT2D eigenvalue weighted by Gasteiger charge is 2.52. The maximum atomic E-state index is 12.1. The molecule has 6 fully saturated rings. The lowest BCUT2D eigenvalue weighted by atomic mass is 9.88. The predicted octanol–water partition coefficient (Wildman–Crippen LogP) is 4.82. The molecule has 6 aliphatic rings. The van der Waals surface area contributed by atoms with Crippen LogP contribution in [0.15, 0.2) is 71.9 Å². The van der Waals surface area contributed by atoms with Gasteiger partial charge in [0.25, 0.3) is 0 Å². The first-order chi connectivity index (χ1) is 32.1. The Hall–Kier alpha value is -4.29. The van der Waals surface area contributed by atoms with Gasteiger partial charge in [-0.05, 0) is 85.1 Å². The van der Waals surface area contributed by atoms with Crippen molar-refractivity contribution in [2.75, 3.05) is 13.2 Å². The smallest absolute Gasteiger partial charge is 0.244 e. The van der Waals surface area contributed by atoms with Crippen LogP contribution >= 0.6 is 0 Å². The summed E-state index contributed by atoms with van der Waals surface area (Å²) in [7, 11) is 0. The van der Waals surface area contributed by atoms with Gasteiger partial charge in [0.1, 0.15) is 0 Å². The van der Waals surface area contributed by atoms with Crippen LogP contribution in [0.3, 0.4) is 0 Å². The van der Waals surface area contributed by atoms with Gasteiger partial charge in [0, 0.05) is 37.8 Å². The Balaban J connectivity index is 0.000000254. The van der Waals surface area contributed by atoms with Crippen molar-refractivity contribution < 1.29 is 57.5 Å². The Morgan fingerprint density at radius 2 is 1.04 bits per heavy atom. The number of hydrogen-bond donors (Lipinski definition) is 5. The van der Waals surface area contributed by atoms with Crippen LogP contribution in [0.4, 0.5) is 0 Å². The minimum Gasteiger partial charge on any atom is -0.389 e. The van der Waals surface area contributed by atoms with Crippen LogP contribution < -0.4 is 22.1 Å². The summed E-state index contributed by atoms with van der Waals surface area (Å²) >= 11 is 0. The quantitative estimate of drug-likeness (QED) is 0.0706. The molecule has 6 saturated heterocycles. The van der Waals surface area contributed by atoms with E-state index in [2.05, 4.69) is 55.7 Å². The monoisotopic (exact) mass is 951 g/mol. The molecule has 0 aromatic carbocycles. The third-order valence-electron chi connectivity index (χ3n) is 13.6. The lowest BCUT2D eigenvalue weighted by Crippen LogP contribution is -2.50. The van der Waals surface area contributed by atoms with Crippen LogP contribution in [0, 0.1) is 11.8 Å². The summed E-state index contributed by atoms with van der Waals surface area (Å²) < 4.78 is 35.8. The van der Waals surface area contributed by atoms with Crippen LogP contribution in [-0.2, 0) is 52.4 Å². The third-order valence-corrected chi connectivity index (χ3v) is 13.6. The molecule has 0 unspecified atom stereocenters. The number of nitrogens with one attached hydrogen (secondary N) is 2. The fourth-order valence-electron chi connectivity index (χ4n) is 9.57. The van der Waals surface area contributed by atoms with E-state index >= 15 is 0 Å². The molecule has 16 heteroatoms. The molecule has 6 heterocycles. The Morgan fingerprint density at radius 3 is 1.41 bits per heavy atom. The molecule has 0 aliphatic carbocycles. The van der Waals surface area contributed by atoms with E-state index in [1.165, 1.54) is 31.2 Å². The van der Waals surface area contributed by atoms with E-state index in [4.69, 9.17) is 39.9 Å². The van der Waals surface area contributed by atoms with Crippen molar-refractivity contribution in [2.24, 2.45) is 23.3 Å². The van der Waals surface area contributed by atoms with Gasteiger partial charge < -0.3 is 55.6 Å². The fraction of sp³-hybridized carbons (Fsp3) is 0.673. The van der Waals surface area contributed by atoms with Gasteiger partial charge in [-0.25, -0.2) is 0 Å². The second-order valence-corrected chi connectivity index (χ2v) is 20.2. The van der Waals surface area contributed by atoms with Gasteiger partial charge in [-0.2, -0.15) is 0 Å². The average molecular weight is 951 g/mol. The number of hydrogen-bond acceptors (Lipinski definition) is 12. The number of allylic oxidation sites excluding steroid dienone is 5. The van der Waals surface area contributed by atoms with Crippen LogP contribution in [0.1, 0.15) is 120 Å². The van der Waals surface area contributed by atoms with Gasteiger partial charge in [0.05, 0.1) is 104 Å². The van der Waals surface area contributed by atoms with Gasteiger partial charge in [0.2, 0.25) is 23.6 Å². The number of aliphatic hydroxyl groups excluding tert-OH is 1. The molecule has 378 valence electrons. The minimum absolute atomic E-state index is 0.0591. The summed E-state index contributed by atoms with van der Waals surface area (Å²) in [5.41, 5.74) is 12.6. The first kappa shape index (κ1) is 54.6. The van der Waals surface area contributed by atoms with E-state index in [1.807, 2.05) is 32.9 Å². The molecule has 0 saturated carbocycles. The molecule has 2 spiro atoms. The van der Waals surface area contributed by atoms with Crippen LogP contribution in [0.25, 0.3) is 0 Å². The maximum absolute atomic E-state index is 12.1. The van der Waals surface area contributed by atoms with E-state index in [-0.39, 0.29) is 120 Å². The molecular weight excluding hydrogens is 873 g/mol. The zero-order chi connectivity index (χ0) is 49.8. The third kappa shape index (κ3) is 18.2. The van der Waals surface area contributed by atoms with E-state index in [0.29, 0.717) is 12.5 Å². The van der Waals surface area contributed by atoms with E-state index in [9.17, 15) is 29.1 Å². The van der Waals surface area contributed by atoms with E-state index < -0.39 is 6.10 Å². The number of epoxide rings is 2. The normalized spacial score (nSPS) is 36.7. The number of carbonyl (C=O) groups is 5. The Morgan fingerprint density at radius 1 is 0.632 bits per heavy atom. The topological polar surface area (TPSA) is 244 Å². The predicted molar refractivity (Wildman–Crippen MR) is 257 cm³/mol. The van der Waals surface area contributed by atoms with Gasteiger partial charge >= 0.3 is 0 Å². The average Bonchev–Trinajstić information content (AvgIpc) is 4.19. The van der Waals surface area contributed by atoms with Gasteiger partial charge in [-0.1, -0.05) is 67.5 Å². The molecule has 16 nitrogen and oxygen atoms in total. The lowest BCUT2D eigenvalue weighted by molar-refractivity contribution is -0.125. The molecule has 6 rings (SSSR count). The number of aliphatic hydroxyl groups is 1. The molecule has 68 heavy (non-hydrogen) atoms. The van der Waals surface area contributed by atoms with Crippen molar-refractivity contribution in [3.63, 3.8) is 0 Å². The summed E-state index contributed by atoms with van der Waals surface area (Å²) in [4.78, 5) is 57.7. The molecule has 4 amide bonds. The van der Waals surface area contributed by atoms with Crippen LogP contribution in [0.5, 0.6) is 0 Å². The number of ketones is 1. The second-order valence-electron chi connectivity index (χ2n) is 20.2. The maximum Gasteiger partial charge on any atom is 0.244 e. The highest BCUT2D eigenvalue weighted by Crippen LogP contribution is 2.44. The summed E-state index contributed by atoms with van der Waals surface area (Å²) in [6, 6.07) is -0.148. The summed E-state index contributed by atoms with van der Waals surface area (Å²) in [5.74, 6) is -0.790. The zero-order valence-electron chi connectivity index (χ0n) is 41.4. The van der Waals surface area contributed by atoms with Crippen molar-refractivity contribution in [1.82, 2.24) is 10.6 Å². The summed E-state index contributed by atoms with van der Waals surface area (Å²) in [5, 5.41) is 15.2. The Labute approximate surface area is 402 Å². The fourth-order valence-corrected chi connectivity index (χ4v) is 9.57. The highest BCUT2D eigenvalue weighted by molar-refractivity contribution is 5.96. The minimum atomic E-state index is -0.650. The molecule has 0 bridgehead atoms.